The highest BCUT2D eigenvalue weighted by Gasteiger charge is 2.53. The number of benzene rings is 2. The maximum atomic E-state index is 12.5. The van der Waals surface area contributed by atoms with E-state index in [0.29, 0.717) is 12.1 Å². The number of halogens is 4. The Hall–Kier alpha value is -2.61. The van der Waals surface area contributed by atoms with Crippen molar-refractivity contribution in [1.29, 1.82) is 0 Å². The normalized spacial score (nSPS) is 13.8. The van der Waals surface area contributed by atoms with Crippen molar-refractivity contribution in [1.82, 2.24) is 0 Å². The van der Waals surface area contributed by atoms with E-state index < -0.39 is 27.6 Å². The first kappa shape index (κ1) is 17.7. The lowest BCUT2D eigenvalue weighted by Crippen LogP contribution is -2.46. The highest BCUT2D eigenvalue weighted by atomic mass is 35.5. The Kier molecular flexibility index (Phi) is 4.79. The Labute approximate surface area is 138 Å². The van der Waals surface area contributed by atoms with Crippen LogP contribution < -0.4 is 4.74 Å². The van der Waals surface area contributed by atoms with Crippen molar-refractivity contribution in [2.75, 3.05) is 0 Å². The zero-order valence-electron chi connectivity index (χ0n) is 11.8. The zero-order valence-corrected chi connectivity index (χ0v) is 12.5. The molecule has 1 atom stereocenters. The third-order valence-electron chi connectivity index (χ3n) is 2.99. The highest BCUT2D eigenvalue weighted by molar-refractivity contribution is 6.35. The van der Waals surface area contributed by atoms with E-state index in [1.54, 1.807) is 6.07 Å². The largest absolute Gasteiger partial charge is 0.509 e. The molecule has 24 heavy (non-hydrogen) atoms. The van der Waals surface area contributed by atoms with Crippen molar-refractivity contribution in [3.8, 4) is 5.75 Å². The molecule has 2 rings (SSSR count). The fourth-order valence-electron chi connectivity index (χ4n) is 1.80. The Morgan fingerprint density at radius 3 is 2.04 bits per heavy atom. The molecule has 2 aromatic carbocycles. The van der Waals surface area contributed by atoms with Crippen molar-refractivity contribution >= 4 is 17.4 Å². The van der Waals surface area contributed by atoms with Crippen molar-refractivity contribution in [3.05, 3.63) is 75.8 Å². The van der Waals surface area contributed by atoms with E-state index in [-0.39, 0.29) is 11.3 Å². The van der Waals surface area contributed by atoms with Gasteiger partial charge in [0.1, 0.15) is 5.75 Å². The van der Waals surface area contributed by atoms with Gasteiger partial charge in [-0.25, -0.2) is 0 Å². The Bertz CT molecular complexity index is 750. The molecule has 9 heteroatoms. The smallest absolute Gasteiger partial charge is 0.409 e. The summed E-state index contributed by atoms with van der Waals surface area (Å²) < 4.78 is 42.4. The summed E-state index contributed by atoms with van der Waals surface area (Å²) in [5, 5.41) is 8.23. The second kappa shape index (κ2) is 6.48. The molecule has 0 saturated carbocycles. The molecule has 1 unspecified atom stereocenters. The van der Waals surface area contributed by atoms with Crippen LogP contribution in [0.2, 0.25) is 0 Å². The van der Waals surface area contributed by atoms with Crippen LogP contribution in [-0.4, -0.2) is 15.9 Å². The zero-order chi connectivity index (χ0) is 18.0. The SMILES string of the molecule is O=C(c1ccccc1)C(Cl)(Oc1ccc(C(F)(F)F)cc1)[N+](=O)[O-]. The van der Waals surface area contributed by atoms with Crippen LogP contribution in [0.25, 0.3) is 0 Å². The fourth-order valence-corrected chi connectivity index (χ4v) is 2.00. The molecule has 0 aliphatic heterocycles. The number of ketones is 1. The molecule has 2 aromatic rings. The summed E-state index contributed by atoms with van der Waals surface area (Å²) in [6, 6.07) is 10.2. The van der Waals surface area contributed by atoms with Gasteiger partial charge >= 0.3 is 11.4 Å². The molecule has 0 spiro atoms. The molecule has 0 bridgehead atoms. The second-order valence-corrected chi connectivity index (χ2v) is 5.15. The molecule has 5 nitrogen and oxygen atoms in total. The van der Waals surface area contributed by atoms with Crippen LogP contribution in [-0.2, 0) is 6.18 Å². The van der Waals surface area contributed by atoms with E-state index in [0.717, 1.165) is 12.1 Å². The van der Waals surface area contributed by atoms with Gasteiger partial charge in [0.05, 0.1) is 10.5 Å². The summed E-state index contributed by atoms with van der Waals surface area (Å²) >= 11 is 5.73. The first-order valence-corrected chi connectivity index (χ1v) is 6.82. The third kappa shape index (κ3) is 3.65. The van der Waals surface area contributed by atoms with Gasteiger partial charge < -0.3 is 4.74 Å². The van der Waals surface area contributed by atoms with Crippen molar-refractivity contribution in [2.45, 2.75) is 11.4 Å². The van der Waals surface area contributed by atoms with Gasteiger partial charge in [-0.1, -0.05) is 30.3 Å². The van der Waals surface area contributed by atoms with Gasteiger partial charge in [0.25, 0.3) is 5.78 Å². The summed E-state index contributed by atoms with van der Waals surface area (Å²) in [6.45, 7) is 0. The quantitative estimate of drug-likeness (QED) is 0.201. The van der Waals surface area contributed by atoms with E-state index in [1.165, 1.54) is 24.3 Å². The molecule has 0 aromatic heterocycles. The van der Waals surface area contributed by atoms with Crippen LogP contribution in [0.1, 0.15) is 15.9 Å². The number of rotatable bonds is 5. The molecule has 0 heterocycles. The lowest BCUT2D eigenvalue weighted by molar-refractivity contribution is -0.563. The number of Topliss-reactive ketones (excluding diaryl/α,β-unsaturated/α-hetero) is 1. The van der Waals surface area contributed by atoms with Crippen LogP contribution in [0.3, 0.4) is 0 Å². The average Bonchev–Trinajstić information content (AvgIpc) is 2.54. The summed E-state index contributed by atoms with van der Waals surface area (Å²) in [4.78, 5) is 22.3. The van der Waals surface area contributed by atoms with Crippen LogP contribution >= 0.6 is 11.6 Å². The van der Waals surface area contributed by atoms with E-state index in [9.17, 15) is 28.1 Å². The minimum atomic E-state index is -4.57. The minimum absolute atomic E-state index is 0.0730. The van der Waals surface area contributed by atoms with E-state index in [1.807, 2.05) is 0 Å². The number of nitro groups is 1. The van der Waals surface area contributed by atoms with Crippen LogP contribution in [0.4, 0.5) is 13.2 Å². The first-order chi connectivity index (χ1) is 11.1. The number of carbonyl (C=O) groups excluding carboxylic acids is 1. The average molecular weight is 360 g/mol. The molecule has 126 valence electrons. The Morgan fingerprint density at radius 1 is 1.04 bits per heavy atom. The van der Waals surface area contributed by atoms with Crippen LogP contribution in [0, 0.1) is 10.1 Å². The number of hydrogen-bond acceptors (Lipinski definition) is 4. The number of carbonyl (C=O) groups is 1. The van der Waals surface area contributed by atoms with Crippen LogP contribution in [0.5, 0.6) is 5.75 Å². The van der Waals surface area contributed by atoms with Gasteiger partial charge in [0, 0.05) is 17.2 Å². The van der Waals surface area contributed by atoms with E-state index in [2.05, 4.69) is 0 Å². The van der Waals surface area contributed by atoms with E-state index in [4.69, 9.17) is 16.3 Å². The molecule has 0 fully saturated rings. The monoisotopic (exact) mass is 359 g/mol. The molecule has 0 aliphatic carbocycles. The summed E-state index contributed by atoms with van der Waals surface area (Å²) in [7, 11) is 0. The Morgan fingerprint density at radius 2 is 1.58 bits per heavy atom. The number of alkyl halides is 4. The predicted molar refractivity (Wildman–Crippen MR) is 78.4 cm³/mol. The van der Waals surface area contributed by atoms with Gasteiger partial charge in [-0.15, -0.1) is 0 Å². The fraction of sp³-hybridized carbons (Fsp3) is 0.133. The van der Waals surface area contributed by atoms with Gasteiger partial charge in [-0.2, -0.15) is 13.2 Å². The summed E-state index contributed by atoms with van der Waals surface area (Å²) in [6.07, 6.45) is -4.57. The molecular formula is C15H9ClF3NO4. The van der Waals surface area contributed by atoms with Gasteiger partial charge in [0.15, 0.2) is 0 Å². The molecule has 0 aliphatic rings. The standard InChI is InChI=1S/C15H9ClF3NO4/c16-14(20(22)23,13(21)10-4-2-1-3-5-10)24-12-8-6-11(7-9-12)15(17,18)19/h1-9H. The predicted octanol–water partition coefficient (Wildman–Crippen LogP) is 4.14. The Balaban J connectivity index is 2.31. The molecule has 0 radical (unpaired) electrons. The lowest BCUT2D eigenvalue weighted by atomic mass is 10.1. The molecule has 0 saturated heterocycles. The number of nitrogens with zero attached hydrogens (tertiary/aromatic N) is 1. The lowest BCUT2D eigenvalue weighted by Gasteiger charge is -2.18. The van der Waals surface area contributed by atoms with Gasteiger partial charge in [-0.3, -0.25) is 14.9 Å². The summed E-state index contributed by atoms with van der Waals surface area (Å²) in [5.41, 5.74) is -1.04. The highest BCUT2D eigenvalue weighted by Crippen LogP contribution is 2.32. The number of ether oxygens (including phenoxy) is 1. The topological polar surface area (TPSA) is 69.4 Å². The number of hydrogen-bond donors (Lipinski definition) is 0. The maximum absolute atomic E-state index is 12.5. The first-order valence-electron chi connectivity index (χ1n) is 6.44. The van der Waals surface area contributed by atoms with Crippen molar-refractivity contribution in [3.63, 3.8) is 0 Å². The second-order valence-electron chi connectivity index (χ2n) is 4.64. The van der Waals surface area contributed by atoms with Gasteiger partial charge in [0.2, 0.25) is 0 Å². The third-order valence-corrected chi connectivity index (χ3v) is 3.37. The molecule has 0 N–H and O–H groups in total. The van der Waals surface area contributed by atoms with Gasteiger partial charge in [-0.05, 0) is 24.3 Å². The maximum Gasteiger partial charge on any atom is 0.509 e. The summed E-state index contributed by atoms with van der Waals surface area (Å²) in [5.74, 6) is -1.49. The minimum Gasteiger partial charge on any atom is -0.409 e. The van der Waals surface area contributed by atoms with Crippen LogP contribution in [0.15, 0.2) is 54.6 Å². The van der Waals surface area contributed by atoms with E-state index >= 15 is 0 Å². The molecular weight excluding hydrogens is 351 g/mol. The molecule has 0 amide bonds. The van der Waals surface area contributed by atoms with Crippen molar-refractivity contribution < 1.29 is 27.6 Å². The van der Waals surface area contributed by atoms with Crippen molar-refractivity contribution in [2.24, 2.45) is 0 Å².